The van der Waals surface area contributed by atoms with Crippen LogP contribution >= 0.6 is 0 Å². The van der Waals surface area contributed by atoms with E-state index in [1.165, 1.54) is 28.8 Å². The van der Waals surface area contributed by atoms with E-state index in [-0.39, 0.29) is 0 Å². The molecule has 0 radical (unpaired) electrons. The summed E-state index contributed by atoms with van der Waals surface area (Å²) in [6, 6.07) is 12.7. The van der Waals surface area contributed by atoms with Crippen LogP contribution in [0.5, 0.6) is 0 Å². The van der Waals surface area contributed by atoms with Crippen molar-refractivity contribution in [3.05, 3.63) is 65.6 Å². The smallest absolute Gasteiger partial charge is 0.126 e. The van der Waals surface area contributed by atoms with Crippen molar-refractivity contribution >= 4 is 5.82 Å². The van der Waals surface area contributed by atoms with Crippen molar-refractivity contribution in [3.63, 3.8) is 0 Å². The van der Waals surface area contributed by atoms with Crippen LogP contribution in [0.15, 0.2) is 48.8 Å². The summed E-state index contributed by atoms with van der Waals surface area (Å²) in [5.74, 6) is 1.41. The van der Waals surface area contributed by atoms with Crippen molar-refractivity contribution in [1.29, 1.82) is 0 Å². The van der Waals surface area contributed by atoms with Crippen molar-refractivity contribution in [2.75, 3.05) is 25.5 Å². The van der Waals surface area contributed by atoms with Gasteiger partial charge in [-0.05, 0) is 50.2 Å². The number of pyridine rings is 1. The third-order valence-corrected chi connectivity index (χ3v) is 5.10. The van der Waals surface area contributed by atoms with Gasteiger partial charge in [0.05, 0.1) is 6.20 Å². The summed E-state index contributed by atoms with van der Waals surface area (Å²) < 4.78 is 0. The van der Waals surface area contributed by atoms with Crippen molar-refractivity contribution in [2.24, 2.45) is 0 Å². The van der Waals surface area contributed by atoms with Gasteiger partial charge in [-0.3, -0.25) is 5.10 Å². The first kappa shape index (κ1) is 16.8. The Balaban J connectivity index is 1.52. The molecule has 1 aliphatic rings. The van der Waals surface area contributed by atoms with Crippen molar-refractivity contribution < 1.29 is 0 Å². The van der Waals surface area contributed by atoms with Crippen LogP contribution in [0.4, 0.5) is 5.82 Å². The topological polar surface area (TPSA) is 56.8 Å². The summed E-state index contributed by atoms with van der Waals surface area (Å²) in [6.45, 7) is 5.11. The Kier molecular flexibility index (Phi) is 4.71. The van der Waals surface area contributed by atoms with Gasteiger partial charge in [0.2, 0.25) is 0 Å². The molecule has 2 N–H and O–H groups in total. The monoisotopic (exact) mass is 347 g/mol. The van der Waals surface area contributed by atoms with Gasteiger partial charge in [-0.15, -0.1) is 0 Å². The molecule has 5 heteroatoms. The van der Waals surface area contributed by atoms with E-state index in [4.69, 9.17) is 0 Å². The Hall–Kier alpha value is -2.66. The Bertz CT molecular complexity index is 885. The quantitative estimate of drug-likeness (QED) is 0.737. The molecule has 1 atom stereocenters. The highest BCUT2D eigenvalue weighted by Gasteiger charge is 2.25. The lowest BCUT2D eigenvalue weighted by Gasteiger charge is -2.12. The Morgan fingerprint density at radius 1 is 1.27 bits per heavy atom. The number of anilines is 1. The summed E-state index contributed by atoms with van der Waals surface area (Å²) in [6.07, 6.45) is 4.98. The van der Waals surface area contributed by atoms with Crippen LogP contribution in [0.3, 0.4) is 0 Å². The van der Waals surface area contributed by atoms with Crippen molar-refractivity contribution in [1.82, 2.24) is 20.1 Å². The number of likely N-dealkylation sites (N-methyl/N-ethyl adjacent to an activating group) is 1. The molecule has 26 heavy (non-hydrogen) atoms. The number of rotatable bonds is 5. The maximum atomic E-state index is 4.48. The van der Waals surface area contributed by atoms with Crippen LogP contribution in [0, 0.1) is 6.92 Å². The maximum Gasteiger partial charge on any atom is 0.126 e. The molecule has 0 unspecified atom stereocenters. The average molecular weight is 347 g/mol. The van der Waals surface area contributed by atoms with Crippen LogP contribution in [0.1, 0.15) is 29.2 Å². The first-order valence-electron chi connectivity index (χ1n) is 9.16. The lowest BCUT2D eigenvalue weighted by Crippen LogP contribution is -2.13. The second kappa shape index (κ2) is 7.30. The average Bonchev–Trinajstić information content (AvgIpc) is 3.29. The van der Waals surface area contributed by atoms with E-state index in [1.807, 2.05) is 12.4 Å². The van der Waals surface area contributed by atoms with E-state index < -0.39 is 0 Å². The van der Waals surface area contributed by atoms with Gasteiger partial charge in [-0.2, -0.15) is 5.10 Å². The third-order valence-electron chi connectivity index (χ3n) is 5.10. The summed E-state index contributed by atoms with van der Waals surface area (Å²) in [7, 11) is 2.18. The molecule has 4 rings (SSSR count). The minimum Gasteiger partial charge on any atom is -0.366 e. The van der Waals surface area contributed by atoms with Gasteiger partial charge in [0, 0.05) is 36.5 Å². The number of aromatic amines is 1. The van der Waals surface area contributed by atoms with Crippen LogP contribution < -0.4 is 5.32 Å². The number of H-pyrrole nitrogens is 1. The van der Waals surface area contributed by atoms with E-state index in [9.17, 15) is 0 Å². The van der Waals surface area contributed by atoms with Crippen molar-refractivity contribution in [3.8, 4) is 11.1 Å². The van der Waals surface area contributed by atoms with Gasteiger partial charge < -0.3 is 10.2 Å². The fourth-order valence-electron chi connectivity index (χ4n) is 3.72. The summed E-state index contributed by atoms with van der Waals surface area (Å²) in [5, 5.41) is 11.0. The molecule has 0 aliphatic carbocycles. The molecule has 1 aromatic carbocycles. The van der Waals surface area contributed by atoms with Crippen LogP contribution in [-0.4, -0.2) is 40.2 Å². The summed E-state index contributed by atoms with van der Waals surface area (Å²) in [5.41, 5.74) is 6.12. The molecule has 3 heterocycles. The zero-order chi connectivity index (χ0) is 17.9. The summed E-state index contributed by atoms with van der Waals surface area (Å²) in [4.78, 5) is 6.85. The fraction of sp³-hybridized carbons (Fsp3) is 0.333. The molecule has 134 valence electrons. The van der Waals surface area contributed by atoms with Gasteiger partial charge in [-0.1, -0.05) is 29.8 Å². The molecular formula is C21H25N5. The largest absolute Gasteiger partial charge is 0.366 e. The number of likely N-dealkylation sites (tertiary alicyclic amines) is 1. The second-order valence-corrected chi connectivity index (χ2v) is 7.22. The molecule has 1 fully saturated rings. The maximum absolute atomic E-state index is 4.48. The van der Waals surface area contributed by atoms with E-state index in [2.05, 4.69) is 75.8 Å². The first-order valence-corrected chi connectivity index (χ1v) is 9.16. The molecule has 3 aromatic rings. The number of aryl methyl sites for hydroxylation is 1. The highest BCUT2D eigenvalue weighted by atomic mass is 15.1. The molecular weight excluding hydrogens is 322 g/mol. The van der Waals surface area contributed by atoms with Crippen LogP contribution in [0.2, 0.25) is 0 Å². The molecule has 0 saturated carbocycles. The number of nitrogens with zero attached hydrogens (tertiary/aromatic N) is 3. The zero-order valence-electron chi connectivity index (χ0n) is 15.4. The highest BCUT2D eigenvalue weighted by Crippen LogP contribution is 2.33. The van der Waals surface area contributed by atoms with Crippen LogP contribution in [-0.2, 0) is 6.54 Å². The molecule has 1 aliphatic heterocycles. The Labute approximate surface area is 154 Å². The number of hydrogen-bond donors (Lipinski definition) is 2. The normalized spacial score (nSPS) is 17.5. The van der Waals surface area contributed by atoms with Gasteiger partial charge in [-0.25, -0.2) is 4.98 Å². The molecule has 0 bridgehead atoms. The van der Waals surface area contributed by atoms with E-state index in [0.29, 0.717) is 5.92 Å². The van der Waals surface area contributed by atoms with Gasteiger partial charge in [0.25, 0.3) is 0 Å². The predicted octanol–water partition coefficient (Wildman–Crippen LogP) is 3.81. The molecule has 0 spiro atoms. The van der Waals surface area contributed by atoms with E-state index in [0.717, 1.165) is 31.0 Å². The minimum absolute atomic E-state index is 0.523. The highest BCUT2D eigenvalue weighted by molar-refractivity contribution is 5.68. The van der Waals surface area contributed by atoms with E-state index >= 15 is 0 Å². The lowest BCUT2D eigenvalue weighted by atomic mass is 9.97. The molecule has 0 amide bonds. The molecule has 2 aromatic heterocycles. The number of hydrogen-bond acceptors (Lipinski definition) is 4. The van der Waals surface area contributed by atoms with Gasteiger partial charge >= 0.3 is 0 Å². The van der Waals surface area contributed by atoms with E-state index in [1.54, 1.807) is 0 Å². The van der Waals surface area contributed by atoms with Crippen molar-refractivity contribution in [2.45, 2.75) is 25.8 Å². The summed E-state index contributed by atoms with van der Waals surface area (Å²) >= 11 is 0. The fourth-order valence-corrected chi connectivity index (χ4v) is 3.72. The molecule has 1 saturated heterocycles. The third kappa shape index (κ3) is 3.63. The minimum atomic E-state index is 0.523. The first-order chi connectivity index (χ1) is 12.7. The standard InChI is InChI=1S/C21H25N5/c1-15-4-3-5-16(10-15)12-23-20-11-17(6-8-22-20)19-13-24-25-21(19)18-7-9-26(2)14-18/h3-6,8,10-11,13,18H,7,9,12,14H2,1-2H3,(H,22,23)(H,24,25)/t18-/m1/s1. The Morgan fingerprint density at radius 3 is 3.00 bits per heavy atom. The predicted molar refractivity (Wildman–Crippen MR) is 105 cm³/mol. The van der Waals surface area contributed by atoms with Gasteiger partial charge in [0.1, 0.15) is 5.82 Å². The lowest BCUT2D eigenvalue weighted by molar-refractivity contribution is 0.411. The SMILES string of the molecule is Cc1cccc(CNc2cc(-c3cn[nH]c3[C@@H]3CCN(C)C3)ccn2)c1. The number of aromatic nitrogens is 3. The molecule has 5 nitrogen and oxygen atoms in total. The number of nitrogens with one attached hydrogen (secondary N) is 2. The second-order valence-electron chi connectivity index (χ2n) is 7.22. The number of benzene rings is 1. The Morgan fingerprint density at radius 2 is 2.19 bits per heavy atom. The van der Waals surface area contributed by atoms with Crippen LogP contribution in [0.25, 0.3) is 11.1 Å². The van der Waals surface area contributed by atoms with Gasteiger partial charge in [0.15, 0.2) is 0 Å². The zero-order valence-corrected chi connectivity index (χ0v) is 15.4.